The molecule has 5 aliphatic rings. The topological polar surface area (TPSA) is 36.9 Å². The van der Waals surface area contributed by atoms with Gasteiger partial charge in [-0.05, 0) is 54.0 Å². The maximum absolute atomic E-state index is 5.27. The number of rotatable bonds is 0. The highest BCUT2D eigenvalue weighted by molar-refractivity contribution is 5.03. The molecular formula is C10H14O4. The fraction of sp³-hybridized carbons (Fsp3) is 1.00. The van der Waals surface area contributed by atoms with Crippen molar-refractivity contribution < 1.29 is 19.9 Å². The first-order valence-corrected chi connectivity index (χ1v) is 5.57. The summed E-state index contributed by atoms with van der Waals surface area (Å²) in [6.07, 6.45) is 6.31. The van der Waals surface area contributed by atoms with Crippen LogP contribution in [0.1, 0.15) is 32.1 Å². The van der Waals surface area contributed by atoms with Crippen LogP contribution in [0, 0.1) is 23.7 Å². The quantitative estimate of drug-likeness (QED) is 0.557. The Morgan fingerprint density at radius 2 is 1.21 bits per heavy atom. The van der Waals surface area contributed by atoms with Crippen molar-refractivity contribution in [2.24, 2.45) is 23.7 Å². The average Bonchev–Trinajstić information content (AvgIpc) is 2.63. The van der Waals surface area contributed by atoms with E-state index >= 15 is 0 Å². The van der Waals surface area contributed by atoms with Crippen LogP contribution in [-0.4, -0.2) is 5.79 Å². The largest absolute Gasteiger partial charge is 0.245 e. The highest BCUT2D eigenvalue weighted by Gasteiger charge is 2.63. The molecule has 0 aromatic rings. The number of hydrogen-bond acceptors (Lipinski definition) is 4. The second-order valence-corrected chi connectivity index (χ2v) is 5.33. The van der Waals surface area contributed by atoms with E-state index in [1.165, 1.54) is 32.1 Å². The zero-order chi connectivity index (χ0) is 9.17. The lowest BCUT2D eigenvalue weighted by molar-refractivity contribution is -0.532. The summed E-state index contributed by atoms with van der Waals surface area (Å²) < 4.78 is 0. The van der Waals surface area contributed by atoms with E-state index in [0.717, 1.165) is 11.8 Å². The van der Waals surface area contributed by atoms with Crippen molar-refractivity contribution >= 4 is 0 Å². The molecule has 4 aliphatic carbocycles. The zero-order valence-corrected chi connectivity index (χ0v) is 7.98. The van der Waals surface area contributed by atoms with Crippen molar-refractivity contribution in [3.63, 3.8) is 0 Å². The minimum Gasteiger partial charge on any atom is -0.164 e. The minimum absolute atomic E-state index is 0.487. The van der Waals surface area contributed by atoms with E-state index in [1.807, 2.05) is 0 Å². The molecule has 0 aromatic heterocycles. The van der Waals surface area contributed by atoms with E-state index in [4.69, 9.17) is 9.78 Å². The van der Waals surface area contributed by atoms with Crippen LogP contribution in [0.4, 0.5) is 0 Å². The van der Waals surface area contributed by atoms with Gasteiger partial charge in [-0.2, -0.15) is 9.78 Å². The van der Waals surface area contributed by atoms with Crippen LogP contribution in [0.5, 0.6) is 0 Å². The molecule has 4 nitrogen and oxygen atoms in total. The van der Waals surface area contributed by atoms with Gasteiger partial charge in [-0.1, -0.05) is 0 Å². The van der Waals surface area contributed by atoms with Gasteiger partial charge in [-0.15, -0.1) is 0 Å². The van der Waals surface area contributed by atoms with E-state index in [0.29, 0.717) is 11.8 Å². The van der Waals surface area contributed by atoms with E-state index in [-0.39, 0.29) is 0 Å². The second-order valence-electron chi connectivity index (χ2n) is 5.33. The third-order valence-electron chi connectivity index (χ3n) is 4.63. The molecule has 5 fully saturated rings. The Kier molecular flexibility index (Phi) is 1.44. The molecule has 4 bridgehead atoms. The molecule has 4 saturated carbocycles. The zero-order valence-electron chi connectivity index (χ0n) is 7.98. The number of hydrogen-bond donors (Lipinski definition) is 0. The van der Waals surface area contributed by atoms with Crippen LogP contribution in [0.25, 0.3) is 0 Å². The first-order valence-electron chi connectivity index (χ1n) is 5.57. The SMILES string of the molecule is C1C2CC3CC1CC(C2)C31OOOO1. The van der Waals surface area contributed by atoms with E-state index < -0.39 is 5.79 Å². The van der Waals surface area contributed by atoms with Crippen LogP contribution in [0.3, 0.4) is 0 Å². The maximum Gasteiger partial charge on any atom is 0.245 e. The Labute approximate surface area is 82.2 Å². The summed E-state index contributed by atoms with van der Waals surface area (Å²) in [4.78, 5) is 10.5. The highest BCUT2D eigenvalue weighted by Crippen LogP contribution is 2.61. The summed E-state index contributed by atoms with van der Waals surface area (Å²) in [6, 6.07) is 0. The van der Waals surface area contributed by atoms with Crippen molar-refractivity contribution in [2.75, 3.05) is 0 Å². The summed E-state index contributed by atoms with van der Waals surface area (Å²) in [7, 11) is 0. The Balaban J connectivity index is 1.73. The molecule has 0 unspecified atom stereocenters. The molecule has 1 saturated heterocycles. The van der Waals surface area contributed by atoms with Crippen LogP contribution < -0.4 is 0 Å². The van der Waals surface area contributed by atoms with Crippen molar-refractivity contribution in [1.82, 2.24) is 0 Å². The summed E-state index contributed by atoms with van der Waals surface area (Å²) in [5.41, 5.74) is 0. The van der Waals surface area contributed by atoms with Gasteiger partial charge in [0.1, 0.15) is 0 Å². The molecule has 0 aromatic carbocycles. The Bertz CT molecular complexity index is 229. The van der Waals surface area contributed by atoms with Crippen LogP contribution in [0.15, 0.2) is 0 Å². The molecule has 1 spiro atoms. The maximum atomic E-state index is 5.27. The van der Waals surface area contributed by atoms with Crippen LogP contribution in [0.2, 0.25) is 0 Å². The predicted molar refractivity (Wildman–Crippen MR) is 44.1 cm³/mol. The van der Waals surface area contributed by atoms with E-state index in [2.05, 4.69) is 10.1 Å². The van der Waals surface area contributed by atoms with Crippen LogP contribution >= 0.6 is 0 Å². The van der Waals surface area contributed by atoms with Gasteiger partial charge in [0.05, 0.1) is 0 Å². The van der Waals surface area contributed by atoms with Crippen molar-refractivity contribution in [3.05, 3.63) is 0 Å². The van der Waals surface area contributed by atoms with Crippen molar-refractivity contribution in [1.29, 1.82) is 0 Å². The monoisotopic (exact) mass is 198 g/mol. The van der Waals surface area contributed by atoms with Gasteiger partial charge >= 0.3 is 0 Å². The van der Waals surface area contributed by atoms with E-state index in [1.54, 1.807) is 0 Å². The lowest BCUT2D eigenvalue weighted by Gasteiger charge is -2.55. The molecule has 5 rings (SSSR count). The Morgan fingerprint density at radius 1 is 0.714 bits per heavy atom. The Hall–Kier alpha value is -0.160. The van der Waals surface area contributed by atoms with Gasteiger partial charge in [0.2, 0.25) is 5.79 Å². The fourth-order valence-electron chi connectivity index (χ4n) is 4.26. The van der Waals surface area contributed by atoms with Gasteiger partial charge in [-0.25, -0.2) is 0 Å². The lowest BCUT2D eigenvalue weighted by atomic mass is 9.53. The molecule has 0 atom stereocenters. The standard InChI is InChI=1S/C10H14O4/c1-6-2-8-4-7(1)5-9(3-6)10(8)11-13-14-12-10/h6-9H,1-5H2. The molecule has 14 heavy (non-hydrogen) atoms. The van der Waals surface area contributed by atoms with E-state index in [9.17, 15) is 0 Å². The first-order chi connectivity index (χ1) is 6.87. The molecule has 0 amide bonds. The molecule has 4 heteroatoms. The lowest BCUT2D eigenvalue weighted by Crippen LogP contribution is -2.58. The molecule has 1 aliphatic heterocycles. The first kappa shape index (κ1) is 8.05. The molecule has 0 N–H and O–H groups in total. The normalized spacial score (nSPS) is 53.1. The third-order valence-corrected chi connectivity index (χ3v) is 4.63. The van der Waals surface area contributed by atoms with Crippen molar-refractivity contribution in [2.45, 2.75) is 37.9 Å². The van der Waals surface area contributed by atoms with Crippen molar-refractivity contribution in [3.8, 4) is 0 Å². The van der Waals surface area contributed by atoms with Gasteiger partial charge < -0.3 is 0 Å². The van der Waals surface area contributed by atoms with Gasteiger partial charge in [-0.3, -0.25) is 0 Å². The van der Waals surface area contributed by atoms with Gasteiger partial charge in [0, 0.05) is 11.8 Å². The van der Waals surface area contributed by atoms with Gasteiger partial charge in [0.25, 0.3) is 0 Å². The van der Waals surface area contributed by atoms with Gasteiger partial charge in [0.15, 0.2) is 0 Å². The predicted octanol–water partition coefficient (Wildman–Crippen LogP) is 1.96. The summed E-state index contributed by atoms with van der Waals surface area (Å²) in [6.45, 7) is 0. The highest BCUT2D eigenvalue weighted by atomic mass is 17.7. The smallest absolute Gasteiger partial charge is 0.164 e. The molecule has 78 valence electrons. The fourth-order valence-corrected chi connectivity index (χ4v) is 4.26. The minimum atomic E-state index is -0.548. The third kappa shape index (κ3) is 0.834. The summed E-state index contributed by atoms with van der Waals surface area (Å²) in [5.74, 6) is 2.22. The summed E-state index contributed by atoms with van der Waals surface area (Å²) >= 11 is 0. The van der Waals surface area contributed by atoms with Crippen LogP contribution in [-0.2, 0) is 19.9 Å². The average molecular weight is 198 g/mol. The Morgan fingerprint density at radius 3 is 1.71 bits per heavy atom. The second kappa shape index (κ2) is 2.50. The molecule has 1 heterocycles. The molecular weight excluding hydrogens is 184 g/mol. The molecule has 0 radical (unpaired) electrons. The summed E-state index contributed by atoms with van der Waals surface area (Å²) in [5, 5.41) is 9.00.